The Kier molecular flexibility index (Phi) is 7.31. The average molecular weight is 547 g/mol. The summed E-state index contributed by atoms with van der Waals surface area (Å²) in [6.45, 7) is 3.31. The highest BCUT2D eigenvalue weighted by molar-refractivity contribution is 7.94. The van der Waals surface area contributed by atoms with Crippen LogP contribution in [0.1, 0.15) is 46.8 Å². The van der Waals surface area contributed by atoms with Gasteiger partial charge in [-0.1, -0.05) is 18.2 Å². The van der Waals surface area contributed by atoms with Gasteiger partial charge >= 0.3 is 0 Å². The largest absolute Gasteiger partial charge is 0.339 e. The molecule has 1 aromatic heterocycles. The molecule has 1 aliphatic rings. The molecule has 0 unspecified atom stereocenters. The molecule has 4 rings (SSSR count). The van der Waals surface area contributed by atoms with Crippen molar-refractivity contribution in [2.24, 2.45) is 7.05 Å². The number of hydroxylamine groups is 1. The van der Waals surface area contributed by atoms with Crippen molar-refractivity contribution in [3.63, 3.8) is 0 Å². The molecule has 3 aromatic rings. The summed E-state index contributed by atoms with van der Waals surface area (Å²) in [7, 11) is -1.17. The van der Waals surface area contributed by atoms with Crippen LogP contribution in [-0.2, 0) is 28.3 Å². The van der Waals surface area contributed by atoms with Gasteiger partial charge in [-0.2, -0.15) is 0 Å². The molecule has 0 saturated heterocycles. The van der Waals surface area contributed by atoms with E-state index in [2.05, 4.69) is 15.5 Å². The monoisotopic (exact) mass is 546 g/mol. The lowest BCUT2D eigenvalue weighted by molar-refractivity contribution is 0.0538. The number of hydrogen-bond donors (Lipinski definition) is 3. The summed E-state index contributed by atoms with van der Waals surface area (Å²) in [4.78, 5) is 30.8. The lowest BCUT2D eigenvalue weighted by Gasteiger charge is -2.18. The smallest absolute Gasteiger partial charge is 0.278 e. The molecule has 38 heavy (non-hydrogen) atoms. The molecular formula is C26H28F2N4O5S. The molecule has 0 bridgehead atoms. The molecular weight excluding hydrogens is 518 g/mol. The third-order valence-electron chi connectivity index (χ3n) is 6.61. The van der Waals surface area contributed by atoms with Crippen molar-refractivity contribution in [3.8, 4) is 0 Å². The van der Waals surface area contributed by atoms with Gasteiger partial charge in [-0.3, -0.25) is 23.7 Å². The van der Waals surface area contributed by atoms with E-state index in [0.29, 0.717) is 18.4 Å². The van der Waals surface area contributed by atoms with E-state index in [0.717, 1.165) is 4.57 Å². The first-order valence-electron chi connectivity index (χ1n) is 11.8. The summed E-state index contributed by atoms with van der Waals surface area (Å²) in [6.07, 6.45) is 0.732. The van der Waals surface area contributed by atoms with Crippen molar-refractivity contribution in [1.29, 1.82) is 0 Å². The summed E-state index contributed by atoms with van der Waals surface area (Å²) >= 11 is 0. The number of amides is 1. The Hall–Kier alpha value is -3.77. The van der Waals surface area contributed by atoms with Crippen LogP contribution in [-0.4, -0.2) is 30.7 Å². The van der Waals surface area contributed by atoms with Crippen LogP contribution in [0, 0.1) is 18.6 Å². The number of hydrogen-bond acceptors (Lipinski definition) is 6. The van der Waals surface area contributed by atoms with E-state index in [9.17, 15) is 22.4 Å². The maximum atomic E-state index is 15.4. The van der Waals surface area contributed by atoms with E-state index < -0.39 is 37.9 Å². The average Bonchev–Trinajstić information content (AvgIpc) is 3.62. The Morgan fingerprint density at radius 3 is 2.45 bits per heavy atom. The minimum Gasteiger partial charge on any atom is -0.339 e. The van der Waals surface area contributed by atoms with Crippen LogP contribution in [0.4, 0.5) is 26.0 Å². The molecule has 9 nitrogen and oxygen atoms in total. The number of nitrogens with one attached hydrogen (secondary N) is 3. The van der Waals surface area contributed by atoms with Crippen LogP contribution in [0.2, 0.25) is 0 Å². The summed E-state index contributed by atoms with van der Waals surface area (Å²) in [5, 5.41) is 2.79. The molecule has 1 heterocycles. The highest BCUT2D eigenvalue weighted by Crippen LogP contribution is 2.43. The van der Waals surface area contributed by atoms with Gasteiger partial charge in [-0.15, -0.1) is 0 Å². The van der Waals surface area contributed by atoms with Gasteiger partial charge in [0.25, 0.3) is 11.5 Å². The van der Waals surface area contributed by atoms with Gasteiger partial charge in [-0.05, 0) is 62.1 Å². The predicted molar refractivity (Wildman–Crippen MR) is 140 cm³/mol. The summed E-state index contributed by atoms with van der Waals surface area (Å²) in [6, 6.07) is 9.93. The molecule has 3 N–H and O–H groups in total. The van der Waals surface area contributed by atoms with Crippen LogP contribution in [0.3, 0.4) is 0 Å². The van der Waals surface area contributed by atoms with Crippen LogP contribution >= 0.6 is 0 Å². The molecule has 202 valence electrons. The lowest BCUT2D eigenvalue weighted by Crippen LogP contribution is -2.30. The lowest BCUT2D eigenvalue weighted by atomic mass is 10.0. The number of nitrogens with zero attached hydrogens (tertiary/aromatic N) is 1. The van der Waals surface area contributed by atoms with E-state index in [1.54, 1.807) is 19.9 Å². The Labute approximate surface area is 218 Å². The highest BCUT2D eigenvalue weighted by atomic mass is 32.2. The maximum absolute atomic E-state index is 15.4. The molecule has 1 saturated carbocycles. The zero-order chi connectivity index (χ0) is 27.8. The molecule has 1 aliphatic carbocycles. The number of aryl methyl sites for hydroxylation is 1. The minimum atomic E-state index is -3.79. The molecule has 1 fully saturated rings. The maximum Gasteiger partial charge on any atom is 0.278 e. The van der Waals surface area contributed by atoms with E-state index in [-0.39, 0.29) is 40.3 Å². The summed E-state index contributed by atoms with van der Waals surface area (Å²) < 4.78 is 57.6. The number of halogens is 2. The van der Waals surface area contributed by atoms with Crippen molar-refractivity contribution >= 4 is 33.1 Å². The molecule has 0 radical (unpaired) electrons. The van der Waals surface area contributed by atoms with Crippen LogP contribution in [0.25, 0.3) is 0 Å². The number of benzene rings is 2. The van der Waals surface area contributed by atoms with Crippen molar-refractivity contribution in [2.45, 2.75) is 37.9 Å². The van der Waals surface area contributed by atoms with Crippen molar-refractivity contribution in [2.75, 3.05) is 17.1 Å². The molecule has 0 spiro atoms. The third-order valence-corrected chi connectivity index (χ3v) is 8.81. The van der Waals surface area contributed by atoms with Gasteiger partial charge in [0.15, 0.2) is 5.82 Å². The molecule has 0 atom stereocenters. The second-order valence-corrected chi connectivity index (χ2v) is 11.7. The standard InChI is InChI=1S/C26H28F2N4O5S/c1-15-8-9-20(19(27)12-15)29-23-18(24(33)30-37-4)14-17(25(34)32(23)3)13-16-6-5-7-21(22(16)28)31-38(35,36)26(2)10-11-26/h5-9,12,14,29,31H,10-11,13H2,1-4H3,(H,30,33). The van der Waals surface area contributed by atoms with Gasteiger partial charge < -0.3 is 5.32 Å². The summed E-state index contributed by atoms with van der Waals surface area (Å²) in [5.74, 6) is -2.13. The topological polar surface area (TPSA) is 119 Å². The fourth-order valence-electron chi connectivity index (χ4n) is 3.96. The normalized spacial score (nSPS) is 14.2. The van der Waals surface area contributed by atoms with E-state index >= 15 is 4.39 Å². The van der Waals surface area contributed by atoms with Gasteiger partial charge in [0, 0.05) is 19.0 Å². The first kappa shape index (κ1) is 27.3. The van der Waals surface area contributed by atoms with Gasteiger partial charge in [0.05, 0.1) is 28.8 Å². The number of rotatable bonds is 9. The molecule has 0 aliphatic heterocycles. The number of pyridine rings is 1. The van der Waals surface area contributed by atoms with Crippen molar-refractivity contribution in [1.82, 2.24) is 10.0 Å². The van der Waals surface area contributed by atoms with Crippen LogP contribution in [0.5, 0.6) is 0 Å². The Morgan fingerprint density at radius 1 is 1.11 bits per heavy atom. The summed E-state index contributed by atoms with van der Waals surface area (Å²) in [5.41, 5.74) is 2.16. The highest BCUT2D eigenvalue weighted by Gasteiger charge is 2.50. The predicted octanol–water partition coefficient (Wildman–Crippen LogP) is 3.89. The second kappa shape index (κ2) is 10.2. The first-order valence-corrected chi connectivity index (χ1v) is 13.2. The number of aromatic nitrogens is 1. The fourth-order valence-corrected chi connectivity index (χ4v) is 5.30. The van der Waals surface area contributed by atoms with Crippen molar-refractivity contribution in [3.05, 3.63) is 86.7 Å². The number of carbonyl (C=O) groups is 1. The number of anilines is 3. The Balaban J connectivity index is 1.73. The SMILES string of the molecule is CONC(=O)c1cc(Cc2cccc(NS(=O)(=O)C3(C)CC3)c2F)c(=O)n(C)c1Nc1ccc(C)cc1F. The molecule has 1 amide bonds. The number of sulfonamides is 1. The van der Waals surface area contributed by atoms with E-state index in [1.165, 1.54) is 50.6 Å². The van der Waals surface area contributed by atoms with E-state index in [4.69, 9.17) is 4.84 Å². The number of carbonyl (C=O) groups excluding carboxylic acids is 1. The fraction of sp³-hybridized carbons (Fsp3) is 0.308. The van der Waals surface area contributed by atoms with E-state index in [1.807, 2.05) is 0 Å². The van der Waals surface area contributed by atoms with Gasteiger partial charge in [0.1, 0.15) is 11.6 Å². The quantitative estimate of drug-likeness (QED) is 0.351. The third kappa shape index (κ3) is 5.27. The Bertz CT molecular complexity index is 1580. The van der Waals surface area contributed by atoms with Crippen molar-refractivity contribution < 1.29 is 26.8 Å². The second-order valence-electron chi connectivity index (χ2n) is 9.55. The Morgan fingerprint density at radius 2 is 1.82 bits per heavy atom. The minimum absolute atomic E-state index is 0.00397. The van der Waals surface area contributed by atoms with Gasteiger partial charge in [0.2, 0.25) is 10.0 Å². The first-order chi connectivity index (χ1) is 17.9. The van der Waals surface area contributed by atoms with Crippen LogP contribution in [0.15, 0.2) is 47.3 Å². The zero-order valence-electron chi connectivity index (χ0n) is 21.3. The van der Waals surface area contributed by atoms with Gasteiger partial charge in [-0.25, -0.2) is 22.7 Å². The van der Waals surface area contributed by atoms with Crippen LogP contribution < -0.4 is 21.1 Å². The zero-order valence-corrected chi connectivity index (χ0v) is 22.1. The molecule has 12 heteroatoms. The molecule has 2 aromatic carbocycles.